The summed E-state index contributed by atoms with van der Waals surface area (Å²) in [6.45, 7) is 5.91. The van der Waals surface area contributed by atoms with E-state index in [4.69, 9.17) is 4.74 Å². The molecule has 0 heterocycles. The highest BCUT2D eigenvalue weighted by atomic mass is 32.2. The largest absolute Gasteiger partial charge is 0.451 e. The van der Waals surface area contributed by atoms with Crippen molar-refractivity contribution in [2.75, 3.05) is 5.32 Å². The van der Waals surface area contributed by atoms with Crippen LogP contribution < -0.4 is 10.0 Å². The van der Waals surface area contributed by atoms with Gasteiger partial charge in [0.2, 0.25) is 10.0 Å². The van der Waals surface area contributed by atoms with Gasteiger partial charge in [-0.25, -0.2) is 12.8 Å². The quantitative estimate of drug-likeness (QED) is 0.435. The number of sulfonamides is 1. The van der Waals surface area contributed by atoms with Gasteiger partial charge in [-0.15, -0.1) is 0 Å². The number of nitrogens with one attached hydrogen (secondary N) is 2. The molecule has 2 N–H and O–H groups in total. The fraction of sp³-hybridized carbons (Fsp3) is 0.318. The summed E-state index contributed by atoms with van der Waals surface area (Å²) in [4.78, 5) is 35.7. The van der Waals surface area contributed by atoms with Gasteiger partial charge in [-0.3, -0.25) is 14.4 Å². The topological polar surface area (TPSA) is 119 Å². The van der Waals surface area contributed by atoms with E-state index in [1.165, 1.54) is 38.1 Å². The number of halogens is 1. The highest BCUT2D eigenvalue weighted by molar-refractivity contribution is 7.89. The summed E-state index contributed by atoms with van der Waals surface area (Å²) < 4.78 is 46.3. The minimum atomic E-state index is -4.35. The summed E-state index contributed by atoms with van der Waals surface area (Å²) in [5, 5.41) is 2.55. The van der Waals surface area contributed by atoms with Gasteiger partial charge in [0.05, 0.1) is 0 Å². The molecule has 0 bridgehead atoms. The van der Waals surface area contributed by atoms with E-state index in [-0.39, 0.29) is 5.78 Å². The van der Waals surface area contributed by atoms with Gasteiger partial charge in [-0.1, -0.05) is 26.0 Å². The zero-order valence-electron chi connectivity index (χ0n) is 18.1. The second kappa shape index (κ2) is 10.5. The molecule has 0 saturated heterocycles. The van der Waals surface area contributed by atoms with Crippen molar-refractivity contribution in [2.45, 2.75) is 44.7 Å². The zero-order chi connectivity index (χ0) is 24.1. The Labute approximate surface area is 186 Å². The molecular weight excluding hydrogens is 439 g/mol. The maximum absolute atomic E-state index is 13.9. The van der Waals surface area contributed by atoms with E-state index in [9.17, 15) is 27.2 Å². The Morgan fingerprint density at radius 3 is 2.09 bits per heavy atom. The highest BCUT2D eigenvalue weighted by Gasteiger charge is 2.32. The number of rotatable bonds is 9. The molecule has 0 aliphatic heterocycles. The zero-order valence-corrected chi connectivity index (χ0v) is 18.9. The Bertz CT molecular complexity index is 1100. The molecule has 0 fully saturated rings. The molecule has 0 spiro atoms. The van der Waals surface area contributed by atoms with Crippen molar-refractivity contribution in [1.29, 1.82) is 0 Å². The maximum atomic E-state index is 13.9. The maximum Gasteiger partial charge on any atom is 0.325 e. The number of ketones is 1. The minimum Gasteiger partial charge on any atom is -0.451 e. The first-order valence-electron chi connectivity index (χ1n) is 9.81. The number of esters is 1. The molecule has 0 aliphatic rings. The molecule has 2 aromatic carbocycles. The van der Waals surface area contributed by atoms with Gasteiger partial charge in [0.1, 0.15) is 16.8 Å². The number of amides is 1. The molecule has 0 radical (unpaired) electrons. The third-order valence-corrected chi connectivity index (χ3v) is 6.02. The van der Waals surface area contributed by atoms with Crippen molar-refractivity contribution in [1.82, 2.24) is 4.72 Å². The molecule has 32 heavy (non-hydrogen) atoms. The van der Waals surface area contributed by atoms with Gasteiger partial charge < -0.3 is 10.1 Å². The van der Waals surface area contributed by atoms with E-state index in [2.05, 4.69) is 10.0 Å². The van der Waals surface area contributed by atoms with E-state index in [1.54, 1.807) is 26.0 Å². The van der Waals surface area contributed by atoms with Gasteiger partial charge in [0.15, 0.2) is 11.9 Å². The summed E-state index contributed by atoms with van der Waals surface area (Å²) in [6, 6.07) is 9.57. The molecule has 0 saturated carbocycles. The van der Waals surface area contributed by atoms with Gasteiger partial charge in [-0.05, 0) is 56.2 Å². The second-order valence-electron chi connectivity index (χ2n) is 7.48. The Balaban J connectivity index is 2.07. The van der Waals surface area contributed by atoms with Crippen LogP contribution in [-0.4, -0.2) is 38.2 Å². The summed E-state index contributed by atoms with van der Waals surface area (Å²) in [6.07, 6.45) is -1.24. The first kappa shape index (κ1) is 25.2. The lowest BCUT2D eigenvalue weighted by Crippen LogP contribution is -2.47. The second-order valence-corrected chi connectivity index (χ2v) is 9.16. The molecule has 0 aliphatic carbocycles. The molecule has 172 valence electrons. The Hall–Kier alpha value is -3.11. The number of carbonyl (C=O) groups excluding carboxylic acids is 3. The van der Waals surface area contributed by atoms with Crippen LogP contribution in [0, 0.1) is 11.7 Å². The van der Waals surface area contributed by atoms with Crippen molar-refractivity contribution >= 4 is 33.4 Å². The smallest absolute Gasteiger partial charge is 0.325 e. The standard InChI is InChI=1S/C22H25FN2O6S/c1-13(2)20(25-32(29,30)19-8-6-5-7-18(19)23)22(28)31-15(4)21(27)24-17-11-9-16(10-12-17)14(3)26/h5-13,15,20,25H,1-4H3,(H,24,27)/t15?,20-/m0/s1. The summed E-state index contributed by atoms with van der Waals surface area (Å²) in [5.41, 5.74) is 0.868. The Kier molecular flexibility index (Phi) is 8.23. The highest BCUT2D eigenvalue weighted by Crippen LogP contribution is 2.17. The number of ether oxygens (including phenoxy) is 1. The molecule has 2 atom stereocenters. The van der Waals surface area contributed by atoms with Gasteiger partial charge in [0, 0.05) is 11.3 Å². The van der Waals surface area contributed by atoms with Crippen LogP contribution in [0.1, 0.15) is 38.1 Å². The van der Waals surface area contributed by atoms with Gasteiger partial charge in [0.25, 0.3) is 5.91 Å². The number of Topliss-reactive ketones (excluding diaryl/α,β-unsaturated/α-hetero) is 1. The van der Waals surface area contributed by atoms with Crippen LogP contribution >= 0.6 is 0 Å². The number of carbonyl (C=O) groups is 3. The van der Waals surface area contributed by atoms with E-state index >= 15 is 0 Å². The van der Waals surface area contributed by atoms with E-state index in [1.807, 2.05) is 0 Å². The Morgan fingerprint density at radius 2 is 1.56 bits per heavy atom. The van der Waals surface area contributed by atoms with E-state index < -0.39 is 50.7 Å². The molecule has 0 aromatic heterocycles. The van der Waals surface area contributed by atoms with Crippen molar-refractivity contribution in [3.8, 4) is 0 Å². The van der Waals surface area contributed by atoms with Crippen LogP contribution in [0.3, 0.4) is 0 Å². The first-order valence-corrected chi connectivity index (χ1v) is 11.3. The third kappa shape index (κ3) is 6.44. The molecule has 1 unspecified atom stereocenters. The van der Waals surface area contributed by atoms with Crippen LogP contribution in [0.5, 0.6) is 0 Å². The van der Waals surface area contributed by atoms with Crippen LogP contribution in [0.25, 0.3) is 0 Å². The molecule has 10 heteroatoms. The molecular formula is C22H25FN2O6S. The normalized spacial score (nSPS) is 13.3. The van der Waals surface area contributed by atoms with Crippen molar-refractivity contribution in [3.05, 3.63) is 59.9 Å². The van der Waals surface area contributed by atoms with Crippen molar-refractivity contribution < 1.29 is 31.9 Å². The number of hydrogen-bond donors (Lipinski definition) is 2. The molecule has 1 amide bonds. The minimum absolute atomic E-state index is 0.122. The molecule has 2 rings (SSSR count). The fourth-order valence-electron chi connectivity index (χ4n) is 2.68. The van der Waals surface area contributed by atoms with Gasteiger partial charge >= 0.3 is 5.97 Å². The molecule has 2 aromatic rings. The van der Waals surface area contributed by atoms with Crippen LogP contribution in [-0.2, 0) is 24.3 Å². The van der Waals surface area contributed by atoms with Crippen LogP contribution in [0.4, 0.5) is 10.1 Å². The van der Waals surface area contributed by atoms with Crippen molar-refractivity contribution in [2.24, 2.45) is 5.92 Å². The fourth-order valence-corrected chi connectivity index (χ4v) is 4.10. The number of benzene rings is 2. The molecule has 8 nitrogen and oxygen atoms in total. The van der Waals surface area contributed by atoms with Gasteiger partial charge in [-0.2, -0.15) is 4.72 Å². The van der Waals surface area contributed by atoms with E-state index in [0.29, 0.717) is 11.3 Å². The lowest BCUT2D eigenvalue weighted by Gasteiger charge is -2.23. The average Bonchev–Trinajstić information content (AvgIpc) is 2.72. The van der Waals surface area contributed by atoms with Crippen molar-refractivity contribution in [3.63, 3.8) is 0 Å². The lowest BCUT2D eigenvalue weighted by atomic mass is 10.1. The number of anilines is 1. The monoisotopic (exact) mass is 464 g/mol. The predicted octanol–water partition coefficient (Wildman–Crippen LogP) is 2.90. The predicted molar refractivity (Wildman–Crippen MR) is 116 cm³/mol. The average molecular weight is 465 g/mol. The third-order valence-electron chi connectivity index (χ3n) is 4.55. The van der Waals surface area contributed by atoms with E-state index in [0.717, 1.165) is 12.1 Å². The number of hydrogen-bond acceptors (Lipinski definition) is 6. The summed E-state index contributed by atoms with van der Waals surface area (Å²) in [7, 11) is -4.35. The summed E-state index contributed by atoms with van der Waals surface area (Å²) in [5.74, 6) is -3.25. The SMILES string of the molecule is CC(=O)c1ccc(NC(=O)C(C)OC(=O)[C@@H](NS(=O)(=O)c2ccccc2F)C(C)C)cc1. The van der Waals surface area contributed by atoms with Crippen LogP contribution in [0.2, 0.25) is 0 Å². The lowest BCUT2D eigenvalue weighted by molar-refractivity contribution is -0.155. The van der Waals surface area contributed by atoms with Crippen LogP contribution in [0.15, 0.2) is 53.4 Å². The Morgan fingerprint density at radius 1 is 0.969 bits per heavy atom. The summed E-state index contributed by atoms with van der Waals surface area (Å²) >= 11 is 0. The first-order chi connectivity index (χ1) is 14.9.